The van der Waals surface area contributed by atoms with Gasteiger partial charge in [0.15, 0.2) is 0 Å². The number of anilines is 1. The first-order valence-electron chi connectivity index (χ1n) is 6.80. The molecule has 0 aromatic heterocycles. The van der Waals surface area contributed by atoms with Gasteiger partial charge in [-0.2, -0.15) is 18.3 Å². The zero-order valence-electron chi connectivity index (χ0n) is 12.7. The van der Waals surface area contributed by atoms with E-state index in [0.29, 0.717) is 27.8 Å². The number of methoxy groups -OCH3 is 1. The highest BCUT2D eigenvalue weighted by molar-refractivity contribution is 6.21. The third-order valence-corrected chi connectivity index (χ3v) is 3.85. The summed E-state index contributed by atoms with van der Waals surface area (Å²) >= 11 is 0. The number of hydrogen-bond donors (Lipinski definition) is 0. The summed E-state index contributed by atoms with van der Waals surface area (Å²) in [6.45, 7) is 1.76. The molecule has 23 heavy (non-hydrogen) atoms. The van der Waals surface area contributed by atoms with E-state index in [1.807, 2.05) is 0 Å². The topological polar surface area (TPSA) is 41.9 Å². The number of benzene rings is 2. The molecule has 0 N–H and O–H groups in total. The van der Waals surface area contributed by atoms with Crippen molar-refractivity contribution in [3.63, 3.8) is 0 Å². The first-order valence-corrected chi connectivity index (χ1v) is 6.80. The van der Waals surface area contributed by atoms with Crippen LogP contribution in [0.4, 0.5) is 18.9 Å². The number of ether oxygens (including phenoxy) is 1. The van der Waals surface area contributed by atoms with Crippen molar-refractivity contribution < 1.29 is 22.7 Å². The SMILES string of the molecule is COc1ccc2c3c(c(C(=O)C(F)(F)F)ccc13)N(C)N=C2C. The zero-order valence-corrected chi connectivity index (χ0v) is 12.7. The molecule has 0 amide bonds. The van der Waals surface area contributed by atoms with E-state index in [2.05, 4.69) is 5.10 Å². The molecule has 4 nitrogen and oxygen atoms in total. The van der Waals surface area contributed by atoms with Gasteiger partial charge >= 0.3 is 6.18 Å². The second kappa shape index (κ2) is 4.97. The summed E-state index contributed by atoms with van der Waals surface area (Å²) in [5.41, 5.74) is 1.07. The summed E-state index contributed by atoms with van der Waals surface area (Å²) in [6, 6.07) is 6.12. The number of halogens is 3. The van der Waals surface area contributed by atoms with Crippen LogP contribution < -0.4 is 9.75 Å². The minimum Gasteiger partial charge on any atom is -0.496 e. The predicted octanol–water partition coefficient (Wildman–Crippen LogP) is 3.77. The molecule has 0 aliphatic carbocycles. The van der Waals surface area contributed by atoms with Gasteiger partial charge in [-0.05, 0) is 31.2 Å². The second-order valence-corrected chi connectivity index (χ2v) is 5.24. The number of alkyl halides is 3. The molecule has 1 aliphatic heterocycles. The Balaban J connectivity index is 2.42. The number of hydrazone groups is 1. The summed E-state index contributed by atoms with van der Waals surface area (Å²) in [5, 5.41) is 6.70. The summed E-state index contributed by atoms with van der Waals surface area (Å²) in [6.07, 6.45) is -4.94. The monoisotopic (exact) mass is 322 g/mol. The van der Waals surface area contributed by atoms with Crippen LogP contribution in [0.5, 0.6) is 5.75 Å². The van der Waals surface area contributed by atoms with E-state index in [9.17, 15) is 18.0 Å². The molecule has 7 heteroatoms. The van der Waals surface area contributed by atoms with Crippen LogP contribution in [0.2, 0.25) is 0 Å². The van der Waals surface area contributed by atoms with Gasteiger partial charge in [-0.15, -0.1) is 0 Å². The van der Waals surface area contributed by atoms with Gasteiger partial charge in [0, 0.05) is 23.4 Å². The first-order chi connectivity index (χ1) is 10.8. The average molecular weight is 322 g/mol. The number of nitrogens with zero attached hydrogens (tertiary/aromatic N) is 2. The van der Waals surface area contributed by atoms with Gasteiger partial charge in [-0.25, -0.2) is 0 Å². The fourth-order valence-electron chi connectivity index (χ4n) is 2.88. The molecule has 0 bridgehead atoms. The van der Waals surface area contributed by atoms with Crippen LogP contribution >= 0.6 is 0 Å². The second-order valence-electron chi connectivity index (χ2n) is 5.24. The van der Waals surface area contributed by atoms with Gasteiger partial charge in [0.25, 0.3) is 5.78 Å². The Bertz CT molecular complexity index is 857. The lowest BCUT2D eigenvalue weighted by Gasteiger charge is -2.27. The van der Waals surface area contributed by atoms with Crippen LogP contribution in [0, 0.1) is 0 Å². The maximum absolute atomic E-state index is 12.9. The highest BCUT2D eigenvalue weighted by Crippen LogP contribution is 2.41. The number of carbonyl (C=O) groups excluding carboxylic acids is 1. The Morgan fingerprint density at radius 3 is 2.52 bits per heavy atom. The van der Waals surface area contributed by atoms with Crippen LogP contribution in [-0.2, 0) is 0 Å². The summed E-state index contributed by atoms with van der Waals surface area (Å²) in [4.78, 5) is 11.8. The van der Waals surface area contributed by atoms with Crippen molar-refractivity contribution in [1.82, 2.24) is 0 Å². The zero-order chi connectivity index (χ0) is 16.9. The van der Waals surface area contributed by atoms with Crippen molar-refractivity contribution in [2.75, 3.05) is 19.2 Å². The van der Waals surface area contributed by atoms with E-state index >= 15 is 0 Å². The van der Waals surface area contributed by atoms with E-state index in [1.54, 1.807) is 19.1 Å². The van der Waals surface area contributed by atoms with Crippen molar-refractivity contribution >= 4 is 28.0 Å². The molecule has 0 radical (unpaired) electrons. The Morgan fingerprint density at radius 1 is 1.22 bits per heavy atom. The minimum atomic E-state index is -4.94. The van der Waals surface area contributed by atoms with Crippen LogP contribution in [-0.4, -0.2) is 31.8 Å². The lowest BCUT2D eigenvalue weighted by molar-refractivity contribution is -0.0884. The molecule has 0 atom stereocenters. The number of hydrogen-bond acceptors (Lipinski definition) is 4. The van der Waals surface area contributed by atoms with Crippen LogP contribution in [0.15, 0.2) is 29.4 Å². The molecule has 1 aliphatic rings. The van der Waals surface area contributed by atoms with Crippen molar-refractivity contribution in [3.8, 4) is 5.75 Å². The first kappa shape index (κ1) is 15.3. The van der Waals surface area contributed by atoms with E-state index in [4.69, 9.17) is 4.74 Å². The normalized spacial score (nSPS) is 14.0. The molecule has 0 unspecified atom stereocenters. The van der Waals surface area contributed by atoms with E-state index in [0.717, 1.165) is 0 Å². The van der Waals surface area contributed by atoms with Gasteiger partial charge in [-0.1, -0.05) is 0 Å². The Kier molecular flexibility index (Phi) is 3.31. The van der Waals surface area contributed by atoms with Gasteiger partial charge in [0.1, 0.15) is 5.75 Å². The largest absolute Gasteiger partial charge is 0.496 e. The van der Waals surface area contributed by atoms with E-state index in [1.165, 1.54) is 31.3 Å². The smallest absolute Gasteiger partial charge is 0.454 e. The molecule has 0 saturated heterocycles. The van der Waals surface area contributed by atoms with Gasteiger partial charge in [0.2, 0.25) is 0 Å². The predicted molar refractivity (Wildman–Crippen MR) is 81.5 cm³/mol. The molecular formula is C16H13F3N2O2. The standard InChI is InChI=1S/C16H13F3N2O2/c1-8-9-6-7-12(23-3)10-4-5-11(15(22)16(17,18)19)14(13(9)10)21(2)20-8/h4-7H,1-3H3. The highest BCUT2D eigenvalue weighted by atomic mass is 19.4. The average Bonchev–Trinajstić information content (AvgIpc) is 2.49. The molecule has 3 rings (SSSR count). The maximum Gasteiger partial charge on any atom is 0.454 e. The number of ketones is 1. The number of carbonyl (C=O) groups is 1. The third kappa shape index (κ3) is 2.23. The van der Waals surface area contributed by atoms with E-state index < -0.39 is 17.5 Å². The lowest BCUT2D eigenvalue weighted by atomic mass is 9.93. The third-order valence-electron chi connectivity index (χ3n) is 3.85. The van der Waals surface area contributed by atoms with Crippen LogP contribution in [0.1, 0.15) is 22.8 Å². The molecule has 1 heterocycles. The molecule has 0 fully saturated rings. The van der Waals surface area contributed by atoms with Crippen LogP contribution in [0.25, 0.3) is 10.8 Å². The van der Waals surface area contributed by atoms with Gasteiger partial charge < -0.3 is 4.74 Å². The van der Waals surface area contributed by atoms with Crippen molar-refractivity contribution in [1.29, 1.82) is 0 Å². The van der Waals surface area contributed by atoms with Gasteiger partial charge in [-0.3, -0.25) is 9.80 Å². The fourth-order valence-corrected chi connectivity index (χ4v) is 2.88. The highest BCUT2D eigenvalue weighted by Gasteiger charge is 2.41. The Labute approximate surface area is 130 Å². The maximum atomic E-state index is 12.9. The van der Waals surface area contributed by atoms with Gasteiger partial charge in [0.05, 0.1) is 24.1 Å². The van der Waals surface area contributed by atoms with Crippen molar-refractivity contribution in [2.45, 2.75) is 13.1 Å². The molecule has 2 aromatic rings. The number of rotatable bonds is 2. The summed E-state index contributed by atoms with van der Waals surface area (Å²) in [5.74, 6) is -1.36. The fraction of sp³-hybridized carbons (Fsp3) is 0.250. The van der Waals surface area contributed by atoms with Crippen molar-refractivity contribution in [3.05, 3.63) is 35.4 Å². The Hall–Kier alpha value is -2.57. The molecule has 0 spiro atoms. The van der Waals surface area contributed by atoms with E-state index in [-0.39, 0.29) is 5.69 Å². The molecule has 0 saturated carbocycles. The lowest BCUT2D eigenvalue weighted by Crippen LogP contribution is -2.27. The molecular weight excluding hydrogens is 309 g/mol. The molecule has 120 valence electrons. The summed E-state index contributed by atoms with van der Waals surface area (Å²) < 4.78 is 44.0. The molecule has 2 aromatic carbocycles. The summed E-state index contributed by atoms with van der Waals surface area (Å²) in [7, 11) is 3.01. The quantitative estimate of drug-likeness (QED) is 0.791. The van der Waals surface area contributed by atoms with Crippen LogP contribution in [0.3, 0.4) is 0 Å². The number of Topliss-reactive ketones (excluding diaryl/α,β-unsaturated/α-hetero) is 1. The minimum absolute atomic E-state index is 0.143. The van der Waals surface area contributed by atoms with Crippen molar-refractivity contribution in [2.24, 2.45) is 5.10 Å². The Morgan fingerprint density at radius 2 is 1.91 bits per heavy atom.